The molecular formula is C21H23FN2O2. The van der Waals surface area contributed by atoms with Crippen LogP contribution < -0.4 is 10.2 Å². The van der Waals surface area contributed by atoms with Gasteiger partial charge in [0.2, 0.25) is 11.8 Å². The number of halogens is 1. The topological polar surface area (TPSA) is 49.4 Å². The Bertz CT molecular complexity index is 844. The van der Waals surface area contributed by atoms with Crippen LogP contribution in [0.25, 0.3) is 0 Å². The van der Waals surface area contributed by atoms with Gasteiger partial charge in [0.05, 0.1) is 5.41 Å². The van der Waals surface area contributed by atoms with Crippen LogP contribution in [-0.4, -0.2) is 18.4 Å². The molecule has 0 bridgehead atoms. The van der Waals surface area contributed by atoms with Gasteiger partial charge in [0, 0.05) is 24.8 Å². The number of nitrogens with zero attached hydrogens (tertiary/aromatic N) is 1. The Morgan fingerprint density at radius 2 is 1.81 bits per heavy atom. The van der Waals surface area contributed by atoms with Gasteiger partial charge >= 0.3 is 0 Å². The van der Waals surface area contributed by atoms with E-state index in [-0.39, 0.29) is 17.6 Å². The fourth-order valence-electron chi connectivity index (χ4n) is 3.29. The molecule has 1 aliphatic rings. The van der Waals surface area contributed by atoms with Gasteiger partial charge in [-0.15, -0.1) is 0 Å². The highest BCUT2D eigenvalue weighted by molar-refractivity contribution is 5.99. The van der Waals surface area contributed by atoms with E-state index in [4.69, 9.17) is 0 Å². The standard InChI is InChI=1S/C21H23FN2O2/c1-14(25)24-12-4-5-15-13-18(10-11-19(15)24)23-20(26)21(2,3)16-6-8-17(22)9-7-16/h6-11,13H,4-5,12H2,1-3H3,(H,23,26). The minimum Gasteiger partial charge on any atom is -0.325 e. The molecule has 2 aromatic rings. The third-order valence-corrected chi connectivity index (χ3v) is 4.97. The van der Waals surface area contributed by atoms with Crippen LogP contribution in [0, 0.1) is 5.82 Å². The van der Waals surface area contributed by atoms with Crippen molar-refractivity contribution in [1.82, 2.24) is 0 Å². The lowest BCUT2D eigenvalue weighted by Gasteiger charge is -2.29. The molecule has 0 aromatic heterocycles. The SMILES string of the molecule is CC(=O)N1CCCc2cc(NC(=O)C(C)(C)c3ccc(F)cc3)ccc21. The first kappa shape index (κ1) is 18.1. The first-order valence-electron chi connectivity index (χ1n) is 8.77. The quantitative estimate of drug-likeness (QED) is 0.904. The van der Waals surface area contributed by atoms with Crippen molar-refractivity contribution < 1.29 is 14.0 Å². The van der Waals surface area contributed by atoms with Gasteiger partial charge in [-0.3, -0.25) is 9.59 Å². The highest BCUT2D eigenvalue weighted by Crippen LogP contribution is 2.31. The minimum absolute atomic E-state index is 0.0279. The molecule has 0 atom stereocenters. The first-order chi connectivity index (χ1) is 12.3. The van der Waals surface area contributed by atoms with E-state index in [9.17, 15) is 14.0 Å². The number of aryl methyl sites for hydroxylation is 1. The first-order valence-corrected chi connectivity index (χ1v) is 8.77. The van der Waals surface area contributed by atoms with Crippen molar-refractivity contribution in [1.29, 1.82) is 0 Å². The molecule has 4 nitrogen and oxygen atoms in total. The molecule has 136 valence electrons. The zero-order valence-corrected chi connectivity index (χ0v) is 15.3. The molecule has 0 radical (unpaired) electrons. The molecule has 3 rings (SSSR count). The van der Waals surface area contributed by atoms with Crippen LogP contribution in [0.5, 0.6) is 0 Å². The van der Waals surface area contributed by atoms with E-state index in [0.717, 1.165) is 36.2 Å². The molecule has 0 unspecified atom stereocenters. The maximum atomic E-state index is 13.1. The van der Waals surface area contributed by atoms with Gasteiger partial charge in [-0.1, -0.05) is 12.1 Å². The van der Waals surface area contributed by atoms with Crippen molar-refractivity contribution in [2.75, 3.05) is 16.8 Å². The summed E-state index contributed by atoms with van der Waals surface area (Å²) in [6.45, 7) is 5.92. The van der Waals surface area contributed by atoms with Crippen LogP contribution in [0.3, 0.4) is 0 Å². The molecule has 2 amide bonds. The Morgan fingerprint density at radius 1 is 1.12 bits per heavy atom. The van der Waals surface area contributed by atoms with E-state index in [1.54, 1.807) is 24.0 Å². The van der Waals surface area contributed by atoms with Crippen molar-refractivity contribution in [2.45, 2.75) is 39.0 Å². The van der Waals surface area contributed by atoms with Crippen molar-refractivity contribution in [3.8, 4) is 0 Å². The van der Waals surface area contributed by atoms with Gasteiger partial charge in [-0.05, 0) is 68.1 Å². The largest absolute Gasteiger partial charge is 0.325 e. The van der Waals surface area contributed by atoms with Gasteiger partial charge in [-0.2, -0.15) is 0 Å². The maximum absolute atomic E-state index is 13.1. The van der Waals surface area contributed by atoms with Gasteiger partial charge < -0.3 is 10.2 Å². The number of rotatable bonds is 3. The Hall–Kier alpha value is -2.69. The minimum atomic E-state index is -0.797. The molecule has 0 spiro atoms. The van der Waals surface area contributed by atoms with E-state index >= 15 is 0 Å². The summed E-state index contributed by atoms with van der Waals surface area (Å²) in [4.78, 5) is 26.3. The lowest BCUT2D eigenvalue weighted by Crippen LogP contribution is -2.35. The van der Waals surface area contributed by atoms with Crippen molar-refractivity contribution in [2.24, 2.45) is 0 Å². The third kappa shape index (κ3) is 3.47. The van der Waals surface area contributed by atoms with Crippen LogP contribution in [0.4, 0.5) is 15.8 Å². The average Bonchev–Trinajstić information content (AvgIpc) is 2.61. The fraction of sp³-hybridized carbons (Fsp3) is 0.333. The van der Waals surface area contributed by atoms with E-state index in [2.05, 4.69) is 5.32 Å². The van der Waals surface area contributed by atoms with Crippen molar-refractivity contribution in [3.05, 3.63) is 59.4 Å². The zero-order valence-electron chi connectivity index (χ0n) is 15.3. The number of amides is 2. The molecular weight excluding hydrogens is 331 g/mol. The van der Waals surface area contributed by atoms with E-state index in [0.29, 0.717) is 5.69 Å². The molecule has 1 N–H and O–H groups in total. The molecule has 26 heavy (non-hydrogen) atoms. The van der Waals surface area contributed by atoms with Crippen molar-refractivity contribution in [3.63, 3.8) is 0 Å². The molecule has 2 aromatic carbocycles. The normalized spacial score (nSPS) is 13.9. The second-order valence-corrected chi connectivity index (χ2v) is 7.20. The molecule has 0 saturated heterocycles. The lowest BCUT2D eigenvalue weighted by atomic mass is 9.83. The summed E-state index contributed by atoms with van der Waals surface area (Å²) in [5, 5.41) is 2.95. The predicted octanol–water partition coefficient (Wildman–Crippen LogP) is 4.04. The van der Waals surface area contributed by atoms with Gasteiger partial charge in [0.1, 0.15) is 5.82 Å². The predicted molar refractivity (Wildman–Crippen MR) is 101 cm³/mol. The number of hydrogen-bond acceptors (Lipinski definition) is 2. The van der Waals surface area contributed by atoms with Gasteiger partial charge in [-0.25, -0.2) is 4.39 Å². The molecule has 5 heteroatoms. The summed E-state index contributed by atoms with van der Waals surface area (Å²) >= 11 is 0. The average molecular weight is 354 g/mol. The number of carbonyl (C=O) groups is 2. The van der Waals surface area contributed by atoms with Crippen LogP contribution in [-0.2, 0) is 21.4 Å². The molecule has 0 saturated carbocycles. The van der Waals surface area contributed by atoms with Crippen LogP contribution in [0.2, 0.25) is 0 Å². The number of hydrogen-bond donors (Lipinski definition) is 1. The smallest absolute Gasteiger partial charge is 0.234 e. The van der Waals surface area contributed by atoms with Crippen LogP contribution in [0.1, 0.15) is 38.3 Å². The Kier molecular flexibility index (Phi) is 4.81. The zero-order chi connectivity index (χ0) is 18.9. The number of carbonyl (C=O) groups excluding carboxylic acids is 2. The third-order valence-electron chi connectivity index (χ3n) is 4.97. The Labute approximate surface area is 153 Å². The summed E-state index contributed by atoms with van der Waals surface area (Å²) in [5.41, 5.74) is 2.63. The number of nitrogens with one attached hydrogen (secondary N) is 1. The highest BCUT2D eigenvalue weighted by atomic mass is 19.1. The summed E-state index contributed by atoms with van der Waals surface area (Å²) in [7, 11) is 0. The summed E-state index contributed by atoms with van der Waals surface area (Å²) < 4.78 is 13.1. The van der Waals surface area contributed by atoms with Crippen LogP contribution in [0.15, 0.2) is 42.5 Å². The Balaban J connectivity index is 1.81. The molecule has 1 aliphatic heterocycles. The molecule has 0 aliphatic carbocycles. The lowest BCUT2D eigenvalue weighted by molar-refractivity contribution is -0.120. The van der Waals surface area contributed by atoms with Gasteiger partial charge in [0.25, 0.3) is 0 Å². The number of benzene rings is 2. The van der Waals surface area contributed by atoms with Gasteiger partial charge in [0.15, 0.2) is 0 Å². The van der Waals surface area contributed by atoms with E-state index in [1.165, 1.54) is 12.1 Å². The van der Waals surface area contributed by atoms with E-state index in [1.807, 2.05) is 32.0 Å². The molecule has 1 heterocycles. The second kappa shape index (κ2) is 6.90. The highest BCUT2D eigenvalue weighted by Gasteiger charge is 2.30. The molecule has 0 fully saturated rings. The summed E-state index contributed by atoms with van der Waals surface area (Å²) in [5.74, 6) is -0.460. The Morgan fingerprint density at radius 3 is 2.46 bits per heavy atom. The second-order valence-electron chi connectivity index (χ2n) is 7.20. The number of anilines is 2. The maximum Gasteiger partial charge on any atom is 0.234 e. The number of fused-ring (bicyclic) bond motifs is 1. The summed E-state index contributed by atoms with van der Waals surface area (Å²) in [6.07, 6.45) is 1.79. The van der Waals surface area contributed by atoms with Crippen LogP contribution >= 0.6 is 0 Å². The van der Waals surface area contributed by atoms with Crippen molar-refractivity contribution >= 4 is 23.2 Å². The monoisotopic (exact) mass is 354 g/mol. The summed E-state index contributed by atoms with van der Waals surface area (Å²) in [6, 6.07) is 11.6. The van der Waals surface area contributed by atoms with E-state index < -0.39 is 5.41 Å². The fourth-order valence-corrected chi connectivity index (χ4v) is 3.29.